The van der Waals surface area contributed by atoms with E-state index in [0.717, 1.165) is 15.8 Å². The summed E-state index contributed by atoms with van der Waals surface area (Å²) in [5.74, 6) is -1.31. The van der Waals surface area contributed by atoms with Crippen molar-refractivity contribution in [2.75, 3.05) is 18.5 Å². The molecule has 0 saturated heterocycles. The molecule has 2 aromatic heterocycles. The van der Waals surface area contributed by atoms with Crippen LogP contribution in [0.5, 0.6) is 0 Å². The topological polar surface area (TPSA) is 102 Å². The number of amides is 2. The molecule has 4 aromatic rings. The fourth-order valence-corrected chi connectivity index (χ4v) is 4.56. The second kappa shape index (κ2) is 9.85. The number of hydrogen-bond acceptors (Lipinski definition) is 6. The Bertz CT molecular complexity index is 1330. The molecule has 8 nitrogen and oxygen atoms in total. The first-order chi connectivity index (χ1) is 15.9. The number of carbonyl (C=O) groups excluding carboxylic acids is 3. The maximum absolute atomic E-state index is 12.4. The second-order valence-corrected chi connectivity index (χ2v) is 8.48. The summed E-state index contributed by atoms with van der Waals surface area (Å²) in [6.45, 7) is 0.912. The fraction of sp³-hybridized carbons (Fsp3) is 0.130. The first-order valence-electron chi connectivity index (χ1n) is 9.95. The van der Waals surface area contributed by atoms with E-state index in [0.29, 0.717) is 21.4 Å². The van der Waals surface area contributed by atoms with E-state index in [-0.39, 0.29) is 0 Å². The van der Waals surface area contributed by atoms with Gasteiger partial charge in [0.25, 0.3) is 11.8 Å². The Labute approximate surface area is 198 Å². The van der Waals surface area contributed by atoms with Gasteiger partial charge in [-0.15, -0.1) is 11.3 Å². The van der Waals surface area contributed by atoms with E-state index in [1.807, 2.05) is 54.6 Å². The molecule has 0 bridgehead atoms. The average molecular weight is 483 g/mol. The lowest BCUT2D eigenvalue weighted by Gasteiger charge is -2.09. The van der Waals surface area contributed by atoms with Gasteiger partial charge in [0, 0.05) is 16.2 Å². The maximum Gasteiger partial charge on any atom is 0.325 e. The normalized spacial score (nSPS) is 10.7. The standard InChI is InChI=1S/C23H19ClN4O4S/c1-14-11-18(28(27-14)15-7-3-2-4-8-15)26-19(29)13-32-20(30)12-25-23(31)22-21(24)16-9-5-6-10-17(16)33-22/h2-11H,12-13H2,1H3,(H,25,31)(H,26,29). The predicted molar refractivity (Wildman–Crippen MR) is 127 cm³/mol. The number of halogens is 1. The van der Waals surface area contributed by atoms with Gasteiger partial charge in [-0.3, -0.25) is 14.4 Å². The van der Waals surface area contributed by atoms with Crippen LogP contribution in [-0.2, 0) is 14.3 Å². The number of nitrogens with one attached hydrogen (secondary N) is 2. The van der Waals surface area contributed by atoms with Crippen molar-refractivity contribution in [2.24, 2.45) is 0 Å². The van der Waals surface area contributed by atoms with Gasteiger partial charge in [0.2, 0.25) is 0 Å². The van der Waals surface area contributed by atoms with Crippen LogP contribution in [0.4, 0.5) is 5.82 Å². The number of esters is 1. The number of fused-ring (bicyclic) bond motifs is 1. The van der Waals surface area contributed by atoms with Crippen LogP contribution >= 0.6 is 22.9 Å². The lowest BCUT2D eigenvalue weighted by Crippen LogP contribution is -2.32. The Balaban J connectivity index is 1.29. The Kier molecular flexibility index (Phi) is 6.71. The number of carbonyl (C=O) groups is 3. The number of aromatic nitrogens is 2. The molecule has 2 aromatic carbocycles. The van der Waals surface area contributed by atoms with E-state index in [2.05, 4.69) is 15.7 Å². The zero-order valence-electron chi connectivity index (χ0n) is 17.5. The summed E-state index contributed by atoms with van der Waals surface area (Å²) in [6, 6.07) is 18.4. The van der Waals surface area contributed by atoms with Gasteiger partial charge in [-0.1, -0.05) is 48.0 Å². The van der Waals surface area contributed by atoms with Gasteiger partial charge in [0.15, 0.2) is 6.61 Å². The summed E-state index contributed by atoms with van der Waals surface area (Å²) in [4.78, 5) is 37.0. The van der Waals surface area contributed by atoms with Gasteiger partial charge < -0.3 is 15.4 Å². The number of aryl methyl sites for hydroxylation is 1. The van der Waals surface area contributed by atoms with Crippen molar-refractivity contribution in [3.63, 3.8) is 0 Å². The van der Waals surface area contributed by atoms with Crippen LogP contribution in [-0.4, -0.2) is 40.7 Å². The minimum absolute atomic E-state index is 0.313. The van der Waals surface area contributed by atoms with E-state index in [1.54, 1.807) is 17.7 Å². The molecule has 4 rings (SSSR count). The molecule has 2 amide bonds. The van der Waals surface area contributed by atoms with Gasteiger partial charge in [-0.25, -0.2) is 4.68 Å². The Morgan fingerprint density at radius 3 is 2.58 bits per heavy atom. The van der Waals surface area contributed by atoms with E-state index in [1.165, 1.54) is 11.3 Å². The fourth-order valence-electron chi connectivity index (χ4n) is 3.12. The predicted octanol–water partition coefficient (Wildman–Crippen LogP) is 3.96. The Morgan fingerprint density at radius 2 is 1.82 bits per heavy atom. The monoisotopic (exact) mass is 482 g/mol. The van der Waals surface area contributed by atoms with Gasteiger partial charge in [-0.05, 0) is 25.1 Å². The van der Waals surface area contributed by atoms with Crippen molar-refractivity contribution < 1.29 is 19.1 Å². The first kappa shape index (κ1) is 22.5. The number of anilines is 1. The number of nitrogens with zero attached hydrogens (tertiary/aromatic N) is 2. The van der Waals surface area contributed by atoms with Crippen LogP contribution in [0.25, 0.3) is 15.8 Å². The molecule has 0 atom stereocenters. The molecule has 0 fully saturated rings. The van der Waals surface area contributed by atoms with E-state index in [4.69, 9.17) is 16.3 Å². The van der Waals surface area contributed by atoms with Crippen molar-refractivity contribution in [1.29, 1.82) is 0 Å². The molecule has 10 heteroatoms. The molecule has 0 saturated carbocycles. The molecule has 33 heavy (non-hydrogen) atoms. The van der Waals surface area contributed by atoms with Crippen LogP contribution in [0, 0.1) is 6.92 Å². The minimum atomic E-state index is -0.747. The van der Waals surface area contributed by atoms with E-state index >= 15 is 0 Å². The SMILES string of the molecule is Cc1cc(NC(=O)COC(=O)CNC(=O)c2sc3ccccc3c2Cl)n(-c2ccccc2)n1. The van der Waals surface area contributed by atoms with Crippen LogP contribution in [0.2, 0.25) is 5.02 Å². The molecule has 0 aliphatic rings. The summed E-state index contributed by atoms with van der Waals surface area (Å²) in [5, 5.41) is 10.6. The summed E-state index contributed by atoms with van der Waals surface area (Å²) < 4.78 is 7.44. The lowest BCUT2D eigenvalue weighted by atomic mass is 10.2. The zero-order chi connectivity index (χ0) is 23.4. The maximum atomic E-state index is 12.4. The zero-order valence-corrected chi connectivity index (χ0v) is 19.1. The Morgan fingerprint density at radius 1 is 1.09 bits per heavy atom. The number of rotatable bonds is 7. The van der Waals surface area contributed by atoms with Crippen LogP contribution < -0.4 is 10.6 Å². The molecular formula is C23H19ClN4O4S. The molecule has 0 radical (unpaired) electrons. The van der Waals surface area contributed by atoms with Crippen molar-refractivity contribution >= 4 is 56.6 Å². The molecule has 0 aliphatic heterocycles. The Hall–Kier alpha value is -3.69. The van der Waals surface area contributed by atoms with E-state index < -0.39 is 30.9 Å². The van der Waals surface area contributed by atoms with Gasteiger partial charge >= 0.3 is 5.97 Å². The summed E-state index contributed by atoms with van der Waals surface area (Å²) >= 11 is 7.52. The highest BCUT2D eigenvalue weighted by atomic mass is 35.5. The quantitative estimate of drug-likeness (QED) is 0.388. The summed E-state index contributed by atoms with van der Waals surface area (Å²) in [5.41, 5.74) is 1.49. The van der Waals surface area contributed by atoms with Crippen molar-refractivity contribution in [3.8, 4) is 5.69 Å². The number of hydrogen-bond donors (Lipinski definition) is 2. The summed E-state index contributed by atoms with van der Waals surface area (Å²) in [7, 11) is 0. The largest absolute Gasteiger partial charge is 0.454 e. The van der Waals surface area contributed by atoms with E-state index in [9.17, 15) is 14.4 Å². The molecular weight excluding hydrogens is 464 g/mol. The average Bonchev–Trinajstić information content (AvgIpc) is 3.36. The van der Waals surface area contributed by atoms with Gasteiger partial charge in [-0.2, -0.15) is 5.10 Å². The van der Waals surface area contributed by atoms with Crippen LogP contribution in [0.3, 0.4) is 0 Å². The van der Waals surface area contributed by atoms with Crippen LogP contribution in [0.1, 0.15) is 15.4 Å². The van der Waals surface area contributed by atoms with Crippen molar-refractivity contribution in [1.82, 2.24) is 15.1 Å². The van der Waals surface area contributed by atoms with Gasteiger partial charge in [0.05, 0.1) is 16.4 Å². The summed E-state index contributed by atoms with van der Waals surface area (Å²) in [6.07, 6.45) is 0. The van der Waals surface area contributed by atoms with Gasteiger partial charge in [0.1, 0.15) is 17.2 Å². The minimum Gasteiger partial charge on any atom is -0.454 e. The third-order valence-corrected chi connectivity index (χ3v) is 6.27. The molecule has 0 aliphatic carbocycles. The number of benzene rings is 2. The molecule has 168 valence electrons. The lowest BCUT2D eigenvalue weighted by molar-refractivity contribution is -0.146. The first-order valence-corrected chi connectivity index (χ1v) is 11.1. The third-order valence-electron chi connectivity index (χ3n) is 4.60. The number of para-hydroxylation sites is 1. The highest BCUT2D eigenvalue weighted by molar-refractivity contribution is 7.21. The number of thiophene rings is 1. The number of ether oxygens (including phenoxy) is 1. The molecule has 0 spiro atoms. The molecule has 2 N–H and O–H groups in total. The highest BCUT2D eigenvalue weighted by Gasteiger charge is 2.18. The molecule has 2 heterocycles. The second-order valence-electron chi connectivity index (χ2n) is 7.05. The highest BCUT2D eigenvalue weighted by Crippen LogP contribution is 2.34. The van der Waals surface area contributed by atoms with Crippen molar-refractivity contribution in [3.05, 3.63) is 76.3 Å². The molecule has 0 unspecified atom stereocenters. The third kappa shape index (κ3) is 5.21. The van der Waals surface area contributed by atoms with Crippen molar-refractivity contribution in [2.45, 2.75) is 6.92 Å². The van der Waals surface area contributed by atoms with Crippen LogP contribution in [0.15, 0.2) is 60.7 Å². The smallest absolute Gasteiger partial charge is 0.325 e.